The third-order valence-corrected chi connectivity index (χ3v) is 1.32. The molecule has 1 rings (SSSR count). The van der Waals surface area contributed by atoms with Gasteiger partial charge >= 0.3 is 5.95 Å². The lowest BCUT2D eigenvalue weighted by Crippen LogP contribution is -2.13. The molecule has 1 heterocycles. The van der Waals surface area contributed by atoms with Crippen LogP contribution in [0, 0.1) is 10.1 Å². The predicted molar refractivity (Wildman–Crippen MR) is 41.7 cm³/mol. The van der Waals surface area contributed by atoms with Gasteiger partial charge in [0.25, 0.3) is 0 Å². The van der Waals surface area contributed by atoms with Gasteiger partial charge in [0.05, 0.1) is 0 Å². The molecule has 0 unspecified atom stereocenters. The number of aromatic nitrogens is 3. The molecule has 0 aliphatic carbocycles. The molecule has 0 bridgehead atoms. The third kappa shape index (κ3) is 1.58. The van der Waals surface area contributed by atoms with Gasteiger partial charge < -0.3 is 10.1 Å². The van der Waals surface area contributed by atoms with Gasteiger partial charge in [0.1, 0.15) is 0 Å². The number of aromatic amines is 1. The van der Waals surface area contributed by atoms with E-state index in [2.05, 4.69) is 15.2 Å². The number of nitro groups is 1. The van der Waals surface area contributed by atoms with Gasteiger partial charge in [-0.2, -0.15) is 0 Å². The van der Waals surface area contributed by atoms with Crippen LogP contribution >= 0.6 is 0 Å². The molecule has 1 aromatic heterocycles. The lowest BCUT2D eigenvalue weighted by Gasteiger charge is -2.08. The van der Waals surface area contributed by atoms with Crippen LogP contribution in [0.15, 0.2) is 0 Å². The molecule has 12 heavy (non-hydrogen) atoms. The minimum absolute atomic E-state index is 0.259. The summed E-state index contributed by atoms with van der Waals surface area (Å²) in [5.41, 5.74) is -0.259. The summed E-state index contributed by atoms with van der Waals surface area (Å²) in [6, 6.07) is 0. The van der Waals surface area contributed by atoms with Crippen molar-refractivity contribution in [1.29, 1.82) is 0 Å². The Bertz CT molecular complexity index is 299. The molecule has 0 aromatic carbocycles. The fourth-order valence-electron chi connectivity index (χ4n) is 0.670. The average molecular weight is 170 g/mol. The maximum absolute atomic E-state index is 10.2. The molecule has 6 heteroatoms. The van der Waals surface area contributed by atoms with E-state index in [4.69, 9.17) is 0 Å². The average Bonchev–Trinajstić information content (AvgIpc) is 2.30. The molecule has 66 valence electrons. The van der Waals surface area contributed by atoms with Gasteiger partial charge in [-0.15, -0.1) is 5.10 Å². The quantitative estimate of drug-likeness (QED) is 0.503. The third-order valence-electron chi connectivity index (χ3n) is 1.32. The van der Waals surface area contributed by atoms with E-state index in [1.807, 2.05) is 20.8 Å². The van der Waals surface area contributed by atoms with Crippen LogP contribution in [-0.2, 0) is 5.41 Å². The Hall–Kier alpha value is -1.46. The van der Waals surface area contributed by atoms with E-state index in [1.165, 1.54) is 0 Å². The SMILES string of the molecule is CC(C)(C)c1n[nH]c([N+](=O)[O-])n1. The smallest absolute Gasteiger partial charge is 0.390 e. The Balaban J connectivity index is 3.00. The highest BCUT2D eigenvalue weighted by Gasteiger charge is 2.25. The molecule has 0 aliphatic rings. The van der Waals surface area contributed by atoms with Crippen molar-refractivity contribution >= 4 is 5.95 Å². The largest absolute Gasteiger partial charge is 0.453 e. The number of H-pyrrole nitrogens is 1. The van der Waals surface area contributed by atoms with Crippen LogP contribution in [0.25, 0.3) is 0 Å². The van der Waals surface area contributed by atoms with E-state index in [-0.39, 0.29) is 11.4 Å². The summed E-state index contributed by atoms with van der Waals surface area (Å²) < 4.78 is 0. The number of nitrogens with one attached hydrogen (secondary N) is 1. The van der Waals surface area contributed by atoms with Crippen LogP contribution in [0.4, 0.5) is 5.95 Å². The Morgan fingerprint density at radius 1 is 1.50 bits per heavy atom. The molecule has 1 aromatic rings. The summed E-state index contributed by atoms with van der Waals surface area (Å²) in [4.78, 5) is 13.3. The van der Waals surface area contributed by atoms with Gasteiger partial charge in [-0.1, -0.05) is 25.9 Å². The number of hydrogen-bond donors (Lipinski definition) is 1. The fraction of sp³-hybridized carbons (Fsp3) is 0.667. The second-order valence-corrected chi connectivity index (χ2v) is 3.49. The van der Waals surface area contributed by atoms with Gasteiger partial charge in [0.2, 0.25) is 5.82 Å². The van der Waals surface area contributed by atoms with Crippen molar-refractivity contribution in [3.8, 4) is 0 Å². The van der Waals surface area contributed by atoms with E-state index in [0.717, 1.165) is 0 Å². The van der Waals surface area contributed by atoms with Crippen LogP contribution in [0.5, 0.6) is 0 Å². The highest BCUT2D eigenvalue weighted by molar-refractivity contribution is 5.08. The predicted octanol–water partition coefficient (Wildman–Crippen LogP) is 1.01. The van der Waals surface area contributed by atoms with Crippen molar-refractivity contribution in [2.45, 2.75) is 26.2 Å². The minimum atomic E-state index is -0.595. The summed E-state index contributed by atoms with van der Waals surface area (Å²) in [5, 5.41) is 16.2. The molecule has 0 amide bonds. The molecular weight excluding hydrogens is 160 g/mol. The van der Waals surface area contributed by atoms with E-state index in [1.54, 1.807) is 0 Å². The molecule has 0 radical (unpaired) electrons. The van der Waals surface area contributed by atoms with Gasteiger partial charge in [-0.3, -0.25) is 0 Å². The first-order valence-electron chi connectivity index (χ1n) is 3.48. The van der Waals surface area contributed by atoms with Crippen LogP contribution in [-0.4, -0.2) is 20.1 Å². The van der Waals surface area contributed by atoms with E-state index in [9.17, 15) is 10.1 Å². The van der Waals surface area contributed by atoms with Crippen molar-refractivity contribution < 1.29 is 4.92 Å². The van der Waals surface area contributed by atoms with Gasteiger partial charge in [0.15, 0.2) is 0 Å². The Morgan fingerprint density at radius 2 is 2.08 bits per heavy atom. The number of rotatable bonds is 1. The standard InChI is InChI=1S/C6H10N4O2/c1-6(2,3)4-7-5(9-8-4)10(11)12/h1-3H3,(H,7,8,9). The Kier molecular flexibility index (Phi) is 1.83. The number of hydrogen-bond acceptors (Lipinski definition) is 4. The lowest BCUT2D eigenvalue weighted by atomic mass is 9.96. The summed E-state index contributed by atoms with van der Waals surface area (Å²) in [6.45, 7) is 5.67. The number of nitrogens with zero attached hydrogens (tertiary/aromatic N) is 3. The van der Waals surface area contributed by atoms with Crippen LogP contribution in [0.2, 0.25) is 0 Å². The molecule has 0 saturated heterocycles. The highest BCUT2D eigenvalue weighted by Crippen LogP contribution is 2.18. The zero-order chi connectivity index (χ0) is 9.35. The monoisotopic (exact) mass is 170 g/mol. The molecule has 6 nitrogen and oxygen atoms in total. The molecule has 0 saturated carbocycles. The zero-order valence-electron chi connectivity index (χ0n) is 7.16. The molecule has 1 N–H and O–H groups in total. The van der Waals surface area contributed by atoms with Crippen LogP contribution in [0.1, 0.15) is 26.6 Å². The summed E-state index contributed by atoms with van der Waals surface area (Å²) in [5.74, 6) is 0.147. The van der Waals surface area contributed by atoms with Crippen molar-refractivity contribution in [1.82, 2.24) is 15.2 Å². The zero-order valence-corrected chi connectivity index (χ0v) is 7.16. The first kappa shape index (κ1) is 8.63. The molecule has 0 spiro atoms. The van der Waals surface area contributed by atoms with E-state index >= 15 is 0 Å². The molecular formula is C6H10N4O2. The van der Waals surface area contributed by atoms with E-state index < -0.39 is 4.92 Å². The topological polar surface area (TPSA) is 84.7 Å². The first-order chi connectivity index (χ1) is 5.41. The first-order valence-corrected chi connectivity index (χ1v) is 3.48. The van der Waals surface area contributed by atoms with Gasteiger partial charge in [0, 0.05) is 5.41 Å². The highest BCUT2D eigenvalue weighted by atomic mass is 16.6. The lowest BCUT2D eigenvalue weighted by molar-refractivity contribution is -0.394. The Labute approximate surface area is 69.2 Å². The van der Waals surface area contributed by atoms with Crippen LogP contribution in [0.3, 0.4) is 0 Å². The Morgan fingerprint density at radius 3 is 2.33 bits per heavy atom. The molecule has 0 aliphatic heterocycles. The maximum Gasteiger partial charge on any atom is 0.453 e. The van der Waals surface area contributed by atoms with E-state index in [0.29, 0.717) is 5.82 Å². The second-order valence-electron chi connectivity index (χ2n) is 3.49. The normalized spacial score (nSPS) is 11.6. The van der Waals surface area contributed by atoms with Crippen LogP contribution < -0.4 is 0 Å². The summed E-state index contributed by atoms with van der Waals surface area (Å²) in [6.07, 6.45) is 0. The summed E-state index contributed by atoms with van der Waals surface area (Å²) >= 11 is 0. The van der Waals surface area contributed by atoms with Crippen molar-refractivity contribution in [2.24, 2.45) is 0 Å². The van der Waals surface area contributed by atoms with Crippen molar-refractivity contribution in [3.63, 3.8) is 0 Å². The van der Waals surface area contributed by atoms with Gasteiger partial charge in [-0.05, 0) is 9.91 Å². The molecule has 0 atom stereocenters. The summed E-state index contributed by atoms with van der Waals surface area (Å²) in [7, 11) is 0. The van der Waals surface area contributed by atoms with Crippen molar-refractivity contribution in [2.75, 3.05) is 0 Å². The minimum Gasteiger partial charge on any atom is -0.390 e. The molecule has 0 fully saturated rings. The second kappa shape index (κ2) is 2.54. The van der Waals surface area contributed by atoms with Crippen molar-refractivity contribution in [3.05, 3.63) is 15.9 Å². The maximum atomic E-state index is 10.2. The fourth-order valence-corrected chi connectivity index (χ4v) is 0.670. The van der Waals surface area contributed by atoms with Gasteiger partial charge in [-0.25, -0.2) is 0 Å².